The van der Waals surface area contributed by atoms with Gasteiger partial charge in [0.1, 0.15) is 5.75 Å². The van der Waals surface area contributed by atoms with E-state index in [1.54, 1.807) is 12.1 Å². The monoisotopic (exact) mass is 313 g/mol. The highest BCUT2D eigenvalue weighted by atomic mass is 19.1. The van der Waals surface area contributed by atoms with Crippen molar-refractivity contribution in [2.75, 3.05) is 7.11 Å². The Balaban J connectivity index is 1.77. The number of ether oxygens (including phenoxy) is 1. The molecule has 1 aliphatic rings. The predicted octanol–water partition coefficient (Wildman–Crippen LogP) is 2.46. The zero-order valence-corrected chi connectivity index (χ0v) is 12.6. The van der Waals surface area contributed by atoms with Gasteiger partial charge in [0.25, 0.3) is 11.6 Å². The van der Waals surface area contributed by atoms with Crippen molar-refractivity contribution in [3.8, 4) is 5.75 Å². The van der Waals surface area contributed by atoms with Crippen LogP contribution in [0, 0.1) is 0 Å². The molecule has 1 atom stereocenters. The third kappa shape index (κ3) is 2.70. The summed E-state index contributed by atoms with van der Waals surface area (Å²) in [5.41, 5.74) is -0.979. The highest BCUT2D eigenvalue weighted by molar-refractivity contribution is 6.20. The van der Waals surface area contributed by atoms with Gasteiger partial charge >= 0.3 is 0 Å². The quantitative estimate of drug-likeness (QED) is 0.882. The minimum atomic E-state index is -2.55. The third-order valence-corrected chi connectivity index (χ3v) is 4.01. The molecule has 0 saturated heterocycles. The molecule has 4 nitrogen and oxygen atoms in total. The Morgan fingerprint density at radius 2 is 2.00 bits per heavy atom. The first-order chi connectivity index (χ1) is 11.0. The Bertz CT molecular complexity index is 760. The second-order valence-corrected chi connectivity index (χ2v) is 5.50. The minimum Gasteiger partial charge on any atom is -0.497 e. The van der Waals surface area contributed by atoms with Crippen LogP contribution in [0.3, 0.4) is 0 Å². The van der Waals surface area contributed by atoms with E-state index in [2.05, 4.69) is 5.32 Å². The van der Waals surface area contributed by atoms with Crippen LogP contribution in [0.4, 0.5) is 4.39 Å². The molecule has 0 fully saturated rings. The van der Waals surface area contributed by atoms with E-state index >= 15 is 4.39 Å². The van der Waals surface area contributed by atoms with Gasteiger partial charge in [0, 0.05) is 18.5 Å². The van der Waals surface area contributed by atoms with Crippen molar-refractivity contribution in [3.63, 3.8) is 0 Å². The maximum Gasteiger partial charge on any atom is 0.266 e. The van der Waals surface area contributed by atoms with Gasteiger partial charge in [-0.3, -0.25) is 9.59 Å². The number of carbonyl (C=O) groups is 2. The van der Waals surface area contributed by atoms with Crippen LogP contribution >= 0.6 is 0 Å². The molecule has 0 spiro atoms. The highest BCUT2D eigenvalue weighted by Gasteiger charge is 2.52. The molecule has 0 unspecified atom stereocenters. The van der Waals surface area contributed by atoms with Crippen molar-refractivity contribution < 1.29 is 18.7 Å². The molecule has 0 aromatic heterocycles. The average Bonchev–Trinajstić information content (AvgIpc) is 2.85. The lowest BCUT2D eigenvalue weighted by Crippen LogP contribution is -2.47. The van der Waals surface area contributed by atoms with Crippen LogP contribution in [0.25, 0.3) is 0 Å². The number of rotatable bonds is 4. The maximum atomic E-state index is 15.0. The van der Waals surface area contributed by atoms with Gasteiger partial charge in [-0.25, -0.2) is 4.39 Å². The number of hydrogen-bond acceptors (Lipinski definition) is 3. The number of hydrogen-bond donors (Lipinski definition) is 1. The van der Waals surface area contributed by atoms with E-state index in [1.807, 2.05) is 30.3 Å². The van der Waals surface area contributed by atoms with Crippen molar-refractivity contribution in [1.29, 1.82) is 0 Å². The van der Waals surface area contributed by atoms with E-state index in [4.69, 9.17) is 4.74 Å². The fourth-order valence-electron chi connectivity index (χ4n) is 2.72. The van der Waals surface area contributed by atoms with E-state index < -0.39 is 17.4 Å². The highest BCUT2D eigenvalue weighted by Crippen LogP contribution is 2.35. The molecular weight excluding hydrogens is 297 g/mol. The van der Waals surface area contributed by atoms with E-state index in [0.717, 1.165) is 5.56 Å². The summed E-state index contributed by atoms with van der Waals surface area (Å²) in [5.74, 6) is -1.16. The molecule has 2 aromatic carbocycles. The summed E-state index contributed by atoms with van der Waals surface area (Å²) in [5, 5.41) is 2.51. The molecule has 0 saturated carbocycles. The van der Waals surface area contributed by atoms with Crippen LogP contribution in [0.15, 0.2) is 48.5 Å². The SMILES string of the molecule is COc1ccc2c(c1)C[C@@](F)(C(=O)NCc1ccccc1)C2=O. The summed E-state index contributed by atoms with van der Waals surface area (Å²) in [6, 6.07) is 13.8. The van der Waals surface area contributed by atoms with Gasteiger partial charge in [0.05, 0.1) is 7.11 Å². The maximum absolute atomic E-state index is 15.0. The van der Waals surface area contributed by atoms with Crippen molar-refractivity contribution in [2.45, 2.75) is 18.6 Å². The molecule has 1 amide bonds. The topological polar surface area (TPSA) is 55.4 Å². The number of methoxy groups -OCH3 is 1. The lowest BCUT2D eigenvalue weighted by molar-refractivity contribution is -0.129. The Hall–Kier alpha value is -2.69. The first-order valence-electron chi connectivity index (χ1n) is 7.27. The van der Waals surface area contributed by atoms with Gasteiger partial charge in [0.2, 0.25) is 5.78 Å². The van der Waals surface area contributed by atoms with Crippen LogP contribution in [0.2, 0.25) is 0 Å². The van der Waals surface area contributed by atoms with Gasteiger partial charge < -0.3 is 10.1 Å². The fourth-order valence-corrected chi connectivity index (χ4v) is 2.72. The minimum absolute atomic E-state index is 0.179. The van der Waals surface area contributed by atoms with Crippen LogP contribution < -0.4 is 10.1 Å². The predicted molar refractivity (Wildman–Crippen MR) is 83.2 cm³/mol. The molecule has 0 radical (unpaired) electrons. The zero-order chi connectivity index (χ0) is 16.4. The van der Waals surface area contributed by atoms with Gasteiger partial charge in [-0.2, -0.15) is 0 Å². The van der Waals surface area contributed by atoms with Gasteiger partial charge in [-0.05, 0) is 29.3 Å². The summed E-state index contributed by atoms with van der Waals surface area (Å²) in [6.45, 7) is 0.179. The summed E-state index contributed by atoms with van der Waals surface area (Å²) >= 11 is 0. The lowest BCUT2D eigenvalue weighted by atomic mass is 10.00. The van der Waals surface area contributed by atoms with Gasteiger partial charge in [-0.1, -0.05) is 30.3 Å². The van der Waals surface area contributed by atoms with Crippen LogP contribution in [-0.2, 0) is 17.8 Å². The lowest BCUT2D eigenvalue weighted by Gasteiger charge is -2.17. The number of alkyl halides is 1. The second kappa shape index (κ2) is 5.83. The standard InChI is InChI=1S/C18H16FNO3/c1-23-14-7-8-15-13(9-14)10-18(19,16(15)21)17(22)20-11-12-5-3-2-4-6-12/h2-9H,10-11H2,1H3,(H,20,22)/t18-/m0/s1. The number of benzene rings is 2. The van der Waals surface area contributed by atoms with E-state index in [0.29, 0.717) is 11.3 Å². The molecule has 0 heterocycles. The van der Waals surface area contributed by atoms with Gasteiger partial charge in [0.15, 0.2) is 0 Å². The molecule has 3 rings (SSSR count). The molecule has 0 aliphatic heterocycles. The number of halogens is 1. The van der Waals surface area contributed by atoms with Crippen LogP contribution in [0.5, 0.6) is 5.75 Å². The molecule has 1 N–H and O–H groups in total. The Morgan fingerprint density at radius 3 is 2.70 bits per heavy atom. The van der Waals surface area contributed by atoms with E-state index in [-0.39, 0.29) is 18.5 Å². The molecule has 118 valence electrons. The average molecular weight is 313 g/mol. The Labute approximate surface area is 133 Å². The third-order valence-electron chi connectivity index (χ3n) is 4.01. The summed E-state index contributed by atoms with van der Waals surface area (Å²) in [6.07, 6.45) is -0.265. The molecular formula is C18H16FNO3. The Morgan fingerprint density at radius 1 is 1.26 bits per heavy atom. The summed E-state index contributed by atoms with van der Waals surface area (Å²) in [7, 11) is 1.49. The van der Waals surface area contributed by atoms with Crippen molar-refractivity contribution in [2.24, 2.45) is 0 Å². The summed E-state index contributed by atoms with van der Waals surface area (Å²) in [4.78, 5) is 24.5. The Kier molecular flexibility index (Phi) is 3.86. The number of fused-ring (bicyclic) bond motifs is 1. The first-order valence-corrected chi connectivity index (χ1v) is 7.27. The van der Waals surface area contributed by atoms with E-state index in [9.17, 15) is 9.59 Å². The number of carbonyl (C=O) groups excluding carboxylic acids is 2. The molecule has 23 heavy (non-hydrogen) atoms. The summed E-state index contributed by atoms with van der Waals surface area (Å²) < 4.78 is 20.1. The molecule has 5 heteroatoms. The molecule has 2 aromatic rings. The van der Waals surface area contributed by atoms with Crippen molar-refractivity contribution in [1.82, 2.24) is 5.32 Å². The second-order valence-electron chi connectivity index (χ2n) is 5.50. The number of Topliss-reactive ketones (excluding diaryl/α,β-unsaturated/α-hetero) is 1. The molecule has 0 bridgehead atoms. The number of ketones is 1. The zero-order valence-electron chi connectivity index (χ0n) is 12.6. The largest absolute Gasteiger partial charge is 0.497 e. The van der Waals surface area contributed by atoms with Crippen LogP contribution in [-0.4, -0.2) is 24.5 Å². The van der Waals surface area contributed by atoms with Crippen LogP contribution in [0.1, 0.15) is 21.5 Å². The van der Waals surface area contributed by atoms with E-state index in [1.165, 1.54) is 13.2 Å². The number of amides is 1. The smallest absolute Gasteiger partial charge is 0.266 e. The van der Waals surface area contributed by atoms with Gasteiger partial charge in [-0.15, -0.1) is 0 Å². The fraction of sp³-hybridized carbons (Fsp3) is 0.222. The molecule has 1 aliphatic carbocycles. The first kappa shape index (κ1) is 15.2. The van der Waals surface area contributed by atoms with Crippen molar-refractivity contribution in [3.05, 3.63) is 65.2 Å². The normalized spacial score (nSPS) is 19.3. The van der Waals surface area contributed by atoms with Crippen molar-refractivity contribution >= 4 is 11.7 Å². The number of nitrogens with one attached hydrogen (secondary N) is 1.